The zero-order valence-corrected chi connectivity index (χ0v) is 4.47. The lowest BCUT2D eigenvalue weighted by atomic mass is 10.4. The molecule has 1 unspecified atom stereocenters. The summed E-state index contributed by atoms with van der Waals surface area (Å²) in [6.45, 7) is 1.70. The minimum Gasteiger partial charge on any atom is -0.304 e. The van der Waals surface area contributed by atoms with Gasteiger partial charge in [-0.05, 0) is 6.92 Å². The van der Waals surface area contributed by atoms with Gasteiger partial charge in [0.1, 0.15) is 6.29 Å². The molecule has 3 nitrogen and oxygen atoms in total. The first-order chi connectivity index (χ1) is 3.31. The number of hydrogen-bond acceptors (Lipinski definition) is 3. The van der Waals surface area contributed by atoms with Gasteiger partial charge in [-0.1, -0.05) is 0 Å². The summed E-state index contributed by atoms with van der Waals surface area (Å²) >= 11 is 0. The van der Waals surface area contributed by atoms with Crippen LogP contribution in [0, 0.1) is 0 Å². The first-order valence-corrected chi connectivity index (χ1v) is 2.05. The Labute approximate surface area is 42.6 Å². The van der Waals surface area contributed by atoms with Crippen molar-refractivity contribution in [2.24, 2.45) is 0 Å². The van der Waals surface area contributed by atoms with Gasteiger partial charge in [0.25, 0.3) is 0 Å². The fourth-order valence-corrected chi connectivity index (χ4v) is 0.214. The first-order valence-electron chi connectivity index (χ1n) is 2.05. The predicted molar refractivity (Wildman–Crippen MR) is 25.7 cm³/mol. The third-order valence-electron chi connectivity index (χ3n) is 0.508. The van der Waals surface area contributed by atoms with Gasteiger partial charge < -0.3 is 9.63 Å². The number of hydroxylamine groups is 1. The maximum absolute atomic E-state index is 9.75. The molecule has 3 heteroatoms. The highest BCUT2D eigenvalue weighted by Gasteiger charge is 1.91. The molecule has 1 N–H and O–H groups in total. The van der Waals surface area contributed by atoms with Gasteiger partial charge in [0, 0.05) is 0 Å². The molecular weight excluding hydrogens is 94.0 g/mol. The summed E-state index contributed by atoms with van der Waals surface area (Å²) in [7, 11) is 1.47. The zero-order valence-electron chi connectivity index (χ0n) is 4.47. The molecule has 1 atom stereocenters. The van der Waals surface area contributed by atoms with E-state index in [4.69, 9.17) is 0 Å². The second-order valence-electron chi connectivity index (χ2n) is 1.25. The molecule has 42 valence electrons. The molecule has 0 rings (SSSR count). The Bertz CT molecular complexity index is 55.7. The van der Waals surface area contributed by atoms with Crippen LogP contribution in [0.15, 0.2) is 0 Å². The van der Waals surface area contributed by atoms with E-state index in [1.807, 2.05) is 0 Å². The number of rotatable bonds is 3. The summed E-state index contributed by atoms with van der Waals surface area (Å²) in [5, 5.41) is 0. The van der Waals surface area contributed by atoms with E-state index in [0.29, 0.717) is 0 Å². The normalized spacial score (nSPS) is 13.4. The van der Waals surface area contributed by atoms with Gasteiger partial charge in [-0.15, -0.1) is 0 Å². The Kier molecular flexibility index (Phi) is 3.55. The number of aldehydes is 1. The lowest BCUT2D eigenvalue weighted by molar-refractivity contribution is -0.112. The monoisotopic (exact) mass is 103 g/mol. The van der Waals surface area contributed by atoms with Crippen LogP contribution in [0.1, 0.15) is 6.92 Å². The maximum Gasteiger partial charge on any atom is 0.138 e. The zero-order chi connectivity index (χ0) is 5.70. The van der Waals surface area contributed by atoms with Crippen molar-refractivity contribution in [2.75, 3.05) is 7.11 Å². The van der Waals surface area contributed by atoms with Crippen LogP contribution in [0.2, 0.25) is 0 Å². The first kappa shape index (κ1) is 6.59. The second kappa shape index (κ2) is 3.77. The van der Waals surface area contributed by atoms with E-state index < -0.39 is 0 Å². The SMILES string of the molecule is CONC(C)C=O. The summed E-state index contributed by atoms with van der Waals surface area (Å²) in [5.74, 6) is 0. The number of nitrogens with one attached hydrogen (secondary N) is 1. The van der Waals surface area contributed by atoms with Crippen LogP contribution in [-0.2, 0) is 9.63 Å². The number of hydrogen-bond donors (Lipinski definition) is 1. The summed E-state index contributed by atoms with van der Waals surface area (Å²) in [4.78, 5) is 14.2. The molecule has 0 aliphatic carbocycles. The van der Waals surface area contributed by atoms with E-state index in [2.05, 4.69) is 10.3 Å². The number of carbonyl (C=O) groups is 1. The van der Waals surface area contributed by atoms with Crippen molar-refractivity contribution in [3.63, 3.8) is 0 Å². The molecule has 0 aromatic rings. The Morgan fingerprint density at radius 2 is 2.43 bits per heavy atom. The Balaban J connectivity index is 2.98. The quantitative estimate of drug-likeness (QED) is 0.394. The van der Waals surface area contributed by atoms with Gasteiger partial charge in [-0.2, -0.15) is 5.48 Å². The Hall–Kier alpha value is -0.410. The van der Waals surface area contributed by atoms with E-state index >= 15 is 0 Å². The lowest BCUT2D eigenvalue weighted by Crippen LogP contribution is -2.25. The lowest BCUT2D eigenvalue weighted by Gasteiger charge is -2.00. The molecular formula is C4H9NO2. The molecule has 7 heavy (non-hydrogen) atoms. The second-order valence-corrected chi connectivity index (χ2v) is 1.25. The van der Waals surface area contributed by atoms with Crippen molar-refractivity contribution in [1.29, 1.82) is 0 Å². The molecule has 0 aromatic carbocycles. The van der Waals surface area contributed by atoms with Crippen molar-refractivity contribution in [3.8, 4) is 0 Å². The minimum absolute atomic E-state index is 0.204. The minimum atomic E-state index is -0.204. The summed E-state index contributed by atoms with van der Waals surface area (Å²) in [5.41, 5.74) is 2.43. The molecule has 0 saturated carbocycles. The summed E-state index contributed by atoms with van der Waals surface area (Å²) in [6, 6.07) is -0.204. The van der Waals surface area contributed by atoms with Crippen LogP contribution < -0.4 is 5.48 Å². The molecule has 0 spiro atoms. The molecule has 0 aromatic heterocycles. The largest absolute Gasteiger partial charge is 0.304 e. The van der Waals surface area contributed by atoms with Gasteiger partial charge in [-0.3, -0.25) is 0 Å². The molecule has 0 bridgehead atoms. The molecule has 0 aliphatic heterocycles. The fraction of sp³-hybridized carbons (Fsp3) is 0.750. The Morgan fingerprint density at radius 1 is 1.86 bits per heavy atom. The van der Waals surface area contributed by atoms with Crippen molar-refractivity contribution in [2.45, 2.75) is 13.0 Å². The predicted octanol–water partition coefficient (Wildman–Crippen LogP) is -0.275. The van der Waals surface area contributed by atoms with E-state index in [1.165, 1.54) is 7.11 Å². The van der Waals surface area contributed by atoms with Crippen LogP contribution in [-0.4, -0.2) is 19.4 Å². The average molecular weight is 103 g/mol. The molecule has 0 heterocycles. The van der Waals surface area contributed by atoms with Crippen molar-refractivity contribution in [3.05, 3.63) is 0 Å². The van der Waals surface area contributed by atoms with Gasteiger partial charge >= 0.3 is 0 Å². The van der Waals surface area contributed by atoms with Gasteiger partial charge in [0.05, 0.1) is 13.2 Å². The summed E-state index contributed by atoms with van der Waals surface area (Å²) < 4.78 is 0. The molecule has 0 aliphatic rings. The smallest absolute Gasteiger partial charge is 0.138 e. The standard InChI is InChI=1S/C4H9NO2/c1-4(3-6)5-7-2/h3-5H,1-2H3. The molecule has 0 saturated heterocycles. The van der Waals surface area contributed by atoms with Gasteiger partial charge in [0.2, 0.25) is 0 Å². The van der Waals surface area contributed by atoms with Crippen LogP contribution in [0.4, 0.5) is 0 Å². The van der Waals surface area contributed by atoms with Gasteiger partial charge in [0.15, 0.2) is 0 Å². The van der Waals surface area contributed by atoms with Crippen LogP contribution in [0.3, 0.4) is 0 Å². The van der Waals surface area contributed by atoms with Crippen LogP contribution in [0.25, 0.3) is 0 Å². The van der Waals surface area contributed by atoms with Gasteiger partial charge in [-0.25, -0.2) is 0 Å². The van der Waals surface area contributed by atoms with Crippen molar-refractivity contribution >= 4 is 6.29 Å². The highest BCUT2D eigenvalue weighted by Crippen LogP contribution is 1.68. The van der Waals surface area contributed by atoms with Crippen LogP contribution >= 0.6 is 0 Å². The summed E-state index contributed by atoms with van der Waals surface area (Å²) in [6.07, 6.45) is 0.767. The topological polar surface area (TPSA) is 38.3 Å². The van der Waals surface area contributed by atoms with Crippen molar-refractivity contribution < 1.29 is 9.63 Å². The molecule has 0 fully saturated rings. The highest BCUT2D eigenvalue weighted by atomic mass is 16.6. The maximum atomic E-state index is 9.75. The van der Waals surface area contributed by atoms with Crippen molar-refractivity contribution in [1.82, 2.24) is 5.48 Å². The Morgan fingerprint density at radius 3 is 2.57 bits per heavy atom. The highest BCUT2D eigenvalue weighted by molar-refractivity contribution is 5.56. The molecule has 0 amide bonds. The van der Waals surface area contributed by atoms with E-state index in [0.717, 1.165) is 6.29 Å². The van der Waals surface area contributed by atoms with E-state index in [-0.39, 0.29) is 6.04 Å². The van der Waals surface area contributed by atoms with Crippen LogP contribution in [0.5, 0.6) is 0 Å². The van der Waals surface area contributed by atoms with E-state index in [9.17, 15) is 4.79 Å². The molecule has 0 radical (unpaired) electrons. The average Bonchev–Trinajstić information content (AvgIpc) is 1.68. The third-order valence-corrected chi connectivity index (χ3v) is 0.508. The third kappa shape index (κ3) is 3.42. The number of carbonyl (C=O) groups excluding carboxylic acids is 1. The van der Waals surface area contributed by atoms with E-state index in [1.54, 1.807) is 6.92 Å². The fourth-order valence-electron chi connectivity index (χ4n) is 0.214.